The lowest BCUT2D eigenvalue weighted by molar-refractivity contribution is 0.426. The summed E-state index contributed by atoms with van der Waals surface area (Å²) >= 11 is 1.54. The molecule has 0 bridgehead atoms. The molecule has 3 nitrogen and oxygen atoms in total. The molecule has 0 saturated carbocycles. The Kier molecular flexibility index (Phi) is 2.63. The molecule has 2 aromatic rings. The second kappa shape index (κ2) is 3.92. The summed E-state index contributed by atoms with van der Waals surface area (Å²) in [6.07, 6.45) is 0. The van der Waals surface area contributed by atoms with E-state index in [9.17, 15) is 0 Å². The quantitative estimate of drug-likeness (QED) is 0.701. The van der Waals surface area contributed by atoms with Crippen LogP contribution in [0, 0.1) is 0 Å². The Morgan fingerprint density at radius 3 is 2.36 bits per heavy atom. The van der Waals surface area contributed by atoms with Crippen LogP contribution in [0.25, 0.3) is 11.3 Å². The number of nitrogens with zero attached hydrogens (tertiary/aromatic N) is 1. The van der Waals surface area contributed by atoms with Crippen LogP contribution in [-0.4, -0.2) is 22.2 Å². The predicted octanol–water partition coefficient (Wildman–Crippen LogP) is 0.490. The Balaban J connectivity index is 2.31. The predicted molar refractivity (Wildman–Crippen MR) is 57.4 cm³/mol. The molecule has 0 aliphatic rings. The number of benzene rings is 1. The van der Waals surface area contributed by atoms with Gasteiger partial charge in [-0.1, -0.05) is 24.3 Å². The van der Waals surface area contributed by atoms with Crippen molar-refractivity contribution in [2.75, 3.05) is 0 Å². The summed E-state index contributed by atoms with van der Waals surface area (Å²) in [6.45, 7) is 0. The van der Waals surface area contributed by atoms with E-state index in [-0.39, 0.29) is 0 Å². The first-order valence-corrected chi connectivity index (χ1v) is 5.06. The molecule has 14 heavy (non-hydrogen) atoms. The normalized spacial score (nSPS) is 10.1. The molecule has 2 N–H and O–H groups in total. The summed E-state index contributed by atoms with van der Waals surface area (Å²) in [6, 6.07) is 7.01. The molecule has 0 amide bonds. The van der Waals surface area contributed by atoms with Gasteiger partial charge < -0.3 is 10.0 Å². The highest BCUT2D eigenvalue weighted by atomic mass is 32.1. The van der Waals surface area contributed by atoms with Crippen LogP contribution in [0.5, 0.6) is 0 Å². The average molecular weight is 205 g/mol. The second-order valence-corrected chi connectivity index (χ2v) is 3.59. The van der Waals surface area contributed by atoms with Crippen molar-refractivity contribution in [1.82, 2.24) is 4.98 Å². The molecule has 2 rings (SSSR count). The first-order chi connectivity index (χ1) is 6.77. The lowest BCUT2D eigenvalue weighted by Crippen LogP contribution is -2.29. The number of hydrogen-bond donors (Lipinski definition) is 2. The van der Waals surface area contributed by atoms with Gasteiger partial charge in [-0.15, -0.1) is 11.3 Å². The highest BCUT2D eigenvalue weighted by Crippen LogP contribution is 2.17. The van der Waals surface area contributed by atoms with Gasteiger partial charge in [-0.25, -0.2) is 4.98 Å². The van der Waals surface area contributed by atoms with E-state index in [4.69, 9.17) is 10.0 Å². The van der Waals surface area contributed by atoms with Crippen LogP contribution >= 0.6 is 11.3 Å². The van der Waals surface area contributed by atoms with E-state index in [1.807, 2.05) is 17.5 Å². The van der Waals surface area contributed by atoms with E-state index in [1.54, 1.807) is 17.6 Å². The van der Waals surface area contributed by atoms with Crippen molar-refractivity contribution in [2.45, 2.75) is 0 Å². The van der Waals surface area contributed by atoms with Gasteiger partial charge in [0, 0.05) is 10.9 Å². The third-order valence-corrected chi connectivity index (χ3v) is 2.52. The van der Waals surface area contributed by atoms with Crippen LogP contribution < -0.4 is 5.46 Å². The zero-order chi connectivity index (χ0) is 9.97. The third kappa shape index (κ3) is 1.84. The Bertz CT molecular complexity index is 399. The molecule has 1 aromatic heterocycles. The minimum atomic E-state index is -1.40. The molecule has 0 unspecified atom stereocenters. The molecule has 0 radical (unpaired) electrons. The Hall–Kier alpha value is -1.17. The monoisotopic (exact) mass is 205 g/mol. The zero-order valence-corrected chi connectivity index (χ0v) is 8.11. The lowest BCUT2D eigenvalue weighted by atomic mass is 9.80. The maximum absolute atomic E-state index is 8.89. The van der Waals surface area contributed by atoms with Crippen LogP contribution in [0.1, 0.15) is 0 Å². The number of hydrogen-bond acceptors (Lipinski definition) is 4. The van der Waals surface area contributed by atoms with Crippen molar-refractivity contribution in [2.24, 2.45) is 0 Å². The van der Waals surface area contributed by atoms with Crippen molar-refractivity contribution in [3.05, 3.63) is 35.2 Å². The van der Waals surface area contributed by atoms with E-state index >= 15 is 0 Å². The van der Waals surface area contributed by atoms with E-state index in [0.717, 1.165) is 11.3 Å². The zero-order valence-electron chi connectivity index (χ0n) is 7.29. The highest BCUT2D eigenvalue weighted by molar-refractivity contribution is 7.07. The fourth-order valence-electron chi connectivity index (χ4n) is 1.18. The molecular formula is C9H8BNO2S. The molecule has 1 aromatic carbocycles. The van der Waals surface area contributed by atoms with Gasteiger partial charge in [0.05, 0.1) is 11.2 Å². The fraction of sp³-hybridized carbons (Fsp3) is 0. The van der Waals surface area contributed by atoms with Gasteiger partial charge >= 0.3 is 7.12 Å². The minimum Gasteiger partial charge on any atom is -0.423 e. The summed E-state index contributed by atoms with van der Waals surface area (Å²) in [5, 5.41) is 19.7. The highest BCUT2D eigenvalue weighted by Gasteiger charge is 2.10. The maximum atomic E-state index is 8.89. The minimum absolute atomic E-state index is 0.490. The molecule has 5 heteroatoms. The van der Waals surface area contributed by atoms with Crippen molar-refractivity contribution >= 4 is 23.9 Å². The smallest absolute Gasteiger partial charge is 0.423 e. The topological polar surface area (TPSA) is 53.4 Å². The first-order valence-electron chi connectivity index (χ1n) is 4.12. The first kappa shape index (κ1) is 9.39. The Morgan fingerprint density at radius 1 is 1.14 bits per heavy atom. The molecule has 1 heterocycles. The average Bonchev–Trinajstić information content (AvgIpc) is 2.71. The van der Waals surface area contributed by atoms with Gasteiger partial charge in [0.15, 0.2) is 0 Å². The van der Waals surface area contributed by atoms with E-state index in [2.05, 4.69) is 4.98 Å². The van der Waals surface area contributed by atoms with Crippen LogP contribution in [0.15, 0.2) is 35.2 Å². The molecular weight excluding hydrogens is 197 g/mol. The summed E-state index contributed by atoms with van der Waals surface area (Å²) < 4.78 is 0. The Morgan fingerprint density at radius 2 is 1.86 bits per heavy atom. The molecule has 0 spiro atoms. The molecule has 0 aliphatic carbocycles. The molecule has 0 atom stereocenters. The van der Waals surface area contributed by atoms with Gasteiger partial charge in [-0.05, 0) is 5.46 Å². The van der Waals surface area contributed by atoms with Crippen molar-refractivity contribution in [1.29, 1.82) is 0 Å². The van der Waals surface area contributed by atoms with E-state index in [1.165, 1.54) is 11.3 Å². The summed E-state index contributed by atoms with van der Waals surface area (Å²) in [4.78, 5) is 4.15. The van der Waals surface area contributed by atoms with E-state index < -0.39 is 7.12 Å². The maximum Gasteiger partial charge on any atom is 0.488 e. The fourth-order valence-corrected chi connectivity index (χ4v) is 1.74. The van der Waals surface area contributed by atoms with Crippen LogP contribution in [0.4, 0.5) is 0 Å². The van der Waals surface area contributed by atoms with E-state index in [0.29, 0.717) is 5.46 Å². The van der Waals surface area contributed by atoms with Crippen molar-refractivity contribution in [3.63, 3.8) is 0 Å². The number of aromatic nitrogens is 1. The SMILES string of the molecule is OB(O)c1ccc(-c2cscn2)cc1. The van der Waals surface area contributed by atoms with Crippen LogP contribution in [-0.2, 0) is 0 Å². The van der Waals surface area contributed by atoms with Crippen LogP contribution in [0.3, 0.4) is 0 Å². The standard InChI is InChI=1S/C9H8BNO2S/c12-10(13)8-3-1-7(2-4-8)9-5-14-6-11-9/h1-6,12-13H. The largest absolute Gasteiger partial charge is 0.488 e. The van der Waals surface area contributed by atoms with Gasteiger partial charge in [0.2, 0.25) is 0 Å². The number of thiazole rings is 1. The third-order valence-electron chi connectivity index (χ3n) is 1.94. The molecule has 0 fully saturated rings. The number of rotatable bonds is 2. The second-order valence-electron chi connectivity index (χ2n) is 2.87. The van der Waals surface area contributed by atoms with Gasteiger partial charge in [-0.2, -0.15) is 0 Å². The van der Waals surface area contributed by atoms with Gasteiger partial charge in [-0.3, -0.25) is 0 Å². The van der Waals surface area contributed by atoms with Gasteiger partial charge in [0.1, 0.15) is 0 Å². The summed E-state index contributed by atoms with van der Waals surface area (Å²) in [5.74, 6) is 0. The summed E-state index contributed by atoms with van der Waals surface area (Å²) in [7, 11) is -1.40. The summed E-state index contributed by atoms with van der Waals surface area (Å²) in [5.41, 5.74) is 4.15. The van der Waals surface area contributed by atoms with Crippen molar-refractivity contribution in [3.8, 4) is 11.3 Å². The van der Waals surface area contributed by atoms with Gasteiger partial charge in [0.25, 0.3) is 0 Å². The molecule has 0 aliphatic heterocycles. The molecule has 70 valence electrons. The van der Waals surface area contributed by atoms with Crippen LogP contribution in [0.2, 0.25) is 0 Å². The van der Waals surface area contributed by atoms with Crippen molar-refractivity contribution < 1.29 is 10.0 Å². The molecule has 0 saturated heterocycles. The lowest BCUT2D eigenvalue weighted by Gasteiger charge is -2.00. The Labute approximate surface area is 85.8 Å².